The van der Waals surface area contributed by atoms with Crippen LogP contribution in [-0.2, 0) is 4.79 Å². The SMILES string of the molecule is CC(C)(C)C(NC(=O)O)C1(CN(C=O)c2cncc(Br)c2)CC1. The van der Waals surface area contributed by atoms with Crippen LogP contribution in [0.3, 0.4) is 0 Å². The molecule has 1 aliphatic carbocycles. The van der Waals surface area contributed by atoms with Gasteiger partial charge in [-0.1, -0.05) is 20.8 Å². The quantitative estimate of drug-likeness (QED) is 0.738. The molecule has 1 heterocycles. The zero-order chi connectivity index (χ0) is 17.3. The molecule has 1 unspecified atom stereocenters. The molecule has 23 heavy (non-hydrogen) atoms. The summed E-state index contributed by atoms with van der Waals surface area (Å²) in [6, 6.07) is 1.60. The van der Waals surface area contributed by atoms with Gasteiger partial charge in [0.15, 0.2) is 0 Å². The van der Waals surface area contributed by atoms with Gasteiger partial charge in [-0.3, -0.25) is 9.78 Å². The van der Waals surface area contributed by atoms with Gasteiger partial charge in [0.05, 0.1) is 11.9 Å². The fraction of sp³-hybridized carbons (Fsp3) is 0.562. The van der Waals surface area contributed by atoms with Gasteiger partial charge < -0.3 is 15.3 Å². The maximum Gasteiger partial charge on any atom is 0.404 e. The molecule has 1 saturated carbocycles. The minimum absolute atomic E-state index is 0.227. The van der Waals surface area contributed by atoms with E-state index in [1.54, 1.807) is 17.3 Å². The van der Waals surface area contributed by atoms with Crippen molar-refractivity contribution in [1.82, 2.24) is 10.3 Å². The van der Waals surface area contributed by atoms with E-state index in [-0.39, 0.29) is 16.9 Å². The summed E-state index contributed by atoms with van der Waals surface area (Å²) in [6.07, 6.45) is 4.82. The van der Waals surface area contributed by atoms with Gasteiger partial charge >= 0.3 is 6.09 Å². The van der Waals surface area contributed by atoms with Crippen molar-refractivity contribution in [2.24, 2.45) is 10.8 Å². The first-order valence-electron chi connectivity index (χ1n) is 7.50. The Bertz CT molecular complexity index is 596. The highest BCUT2D eigenvalue weighted by Crippen LogP contribution is 2.54. The van der Waals surface area contributed by atoms with Crippen molar-refractivity contribution >= 4 is 34.1 Å². The highest BCUT2D eigenvalue weighted by molar-refractivity contribution is 9.10. The van der Waals surface area contributed by atoms with Crippen molar-refractivity contribution in [2.75, 3.05) is 11.4 Å². The van der Waals surface area contributed by atoms with Gasteiger partial charge in [-0.2, -0.15) is 0 Å². The Morgan fingerprint density at radius 3 is 2.61 bits per heavy atom. The number of carbonyl (C=O) groups is 2. The first-order chi connectivity index (χ1) is 10.7. The first-order valence-corrected chi connectivity index (χ1v) is 8.29. The van der Waals surface area contributed by atoms with Gasteiger partial charge in [-0.05, 0) is 40.3 Å². The van der Waals surface area contributed by atoms with Crippen LogP contribution in [0, 0.1) is 10.8 Å². The fourth-order valence-corrected chi connectivity index (χ4v) is 3.55. The van der Waals surface area contributed by atoms with Crippen molar-refractivity contribution in [3.8, 4) is 0 Å². The molecule has 1 aliphatic rings. The van der Waals surface area contributed by atoms with E-state index in [0.717, 1.165) is 23.7 Å². The molecule has 2 amide bonds. The monoisotopic (exact) mass is 383 g/mol. The molecule has 2 rings (SSSR count). The molecule has 0 spiro atoms. The van der Waals surface area contributed by atoms with E-state index in [0.29, 0.717) is 12.2 Å². The second-order valence-corrected chi connectivity index (χ2v) is 8.12. The van der Waals surface area contributed by atoms with Gasteiger partial charge in [0.25, 0.3) is 0 Å². The summed E-state index contributed by atoms with van der Waals surface area (Å²) >= 11 is 3.35. The third kappa shape index (κ3) is 4.22. The number of nitrogens with zero attached hydrogens (tertiary/aromatic N) is 2. The molecule has 1 fully saturated rings. The first kappa shape index (κ1) is 17.7. The highest BCUT2D eigenvalue weighted by atomic mass is 79.9. The van der Waals surface area contributed by atoms with Crippen molar-refractivity contribution in [1.29, 1.82) is 0 Å². The van der Waals surface area contributed by atoms with Gasteiger partial charge in [0.1, 0.15) is 0 Å². The lowest BCUT2D eigenvalue weighted by molar-refractivity contribution is -0.107. The standard InChI is InChI=1S/C16H22BrN3O3/c1-15(2,3)13(19-14(22)23)16(4-5-16)9-20(10-21)12-6-11(17)7-18-8-12/h6-8,10,13,19H,4-5,9H2,1-3H3,(H,22,23). The number of hydrogen-bond donors (Lipinski definition) is 2. The summed E-state index contributed by atoms with van der Waals surface area (Å²) in [7, 11) is 0. The van der Waals surface area contributed by atoms with Crippen molar-refractivity contribution in [2.45, 2.75) is 39.7 Å². The minimum Gasteiger partial charge on any atom is -0.465 e. The van der Waals surface area contributed by atoms with Crippen LogP contribution in [0.15, 0.2) is 22.9 Å². The summed E-state index contributed by atoms with van der Waals surface area (Å²) in [4.78, 5) is 28.4. The average Bonchev–Trinajstić information content (AvgIpc) is 3.21. The number of aromatic nitrogens is 1. The van der Waals surface area contributed by atoms with E-state index in [4.69, 9.17) is 0 Å². The number of carbonyl (C=O) groups excluding carboxylic acids is 1. The van der Waals surface area contributed by atoms with Crippen LogP contribution >= 0.6 is 15.9 Å². The topological polar surface area (TPSA) is 82.5 Å². The predicted octanol–water partition coefficient (Wildman–Crippen LogP) is 3.27. The molecule has 1 atom stereocenters. The van der Waals surface area contributed by atoms with E-state index in [1.165, 1.54) is 0 Å². The van der Waals surface area contributed by atoms with Crippen LogP contribution in [0.4, 0.5) is 10.5 Å². The molecule has 0 aromatic carbocycles. The lowest BCUT2D eigenvalue weighted by atomic mass is 9.76. The average molecular weight is 384 g/mol. The molecule has 0 aliphatic heterocycles. The van der Waals surface area contributed by atoms with Gasteiger partial charge in [-0.25, -0.2) is 4.79 Å². The van der Waals surface area contributed by atoms with E-state index < -0.39 is 6.09 Å². The molecule has 2 N–H and O–H groups in total. The summed E-state index contributed by atoms with van der Waals surface area (Å²) in [6.45, 7) is 6.51. The lowest BCUT2D eigenvalue weighted by Gasteiger charge is -2.39. The molecule has 1 aromatic heterocycles. The number of hydrogen-bond acceptors (Lipinski definition) is 3. The van der Waals surface area contributed by atoms with Gasteiger partial charge in [0, 0.05) is 28.7 Å². The number of amides is 2. The largest absolute Gasteiger partial charge is 0.465 e. The van der Waals surface area contributed by atoms with E-state index in [9.17, 15) is 14.7 Å². The second kappa shape index (κ2) is 6.47. The second-order valence-electron chi connectivity index (χ2n) is 7.21. The molecule has 6 nitrogen and oxygen atoms in total. The fourth-order valence-electron chi connectivity index (χ4n) is 3.20. The van der Waals surface area contributed by atoms with Crippen LogP contribution in [-0.4, -0.2) is 35.2 Å². The van der Waals surface area contributed by atoms with Crippen molar-refractivity contribution in [3.63, 3.8) is 0 Å². The van der Waals surface area contributed by atoms with Gasteiger partial charge in [-0.15, -0.1) is 0 Å². The Kier molecular flexibility index (Phi) is 4.98. The Labute approximate surface area is 144 Å². The maximum absolute atomic E-state index is 11.6. The number of anilines is 1. The van der Waals surface area contributed by atoms with Crippen molar-refractivity contribution < 1.29 is 14.7 Å². The molecule has 0 bridgehead atoms. The third-order valence-electron chi connectivity index (χ3n) is 4.27. The molecular weight excluding hydrogens is 362 g/mol. The number of pyridine rings is 1. The Morgan fingerprint density at radius 2 is 2.17 bits per heavy atom. The molecular formula is C16H22BrN3O3. The zero-order valence-electron chi connectivity index (χ0n) is 13.5. The Hall–Kier alpha value is -1.63. The number of rotatable bonds is 6. The maximum atomic E-state index is 11.6. The van der Waals surface area contributed by atoms with Crippen LogP contribution in [0.5, 0.6) is 0 Å². The molecule has 126 valence electrons. The van der Waals surface area contributed by atoms with E-state index in [2.05, 4.69) is 26.2 Å². The van der Waals surface area contributed by atoms with Crippen LogP contribution in [0.2, 0.25) is 0 Å². The van der Waals surface area contributed by atoms with E-state index >= 15 is 0 Å². The summed E-state index contributed by atoms with van der Waals surface area (Å²) in [5, 5.41) is 11.8. The van der Waals surface area contributed by atoms with Crippen molar-refractivity contribution in [3.05, 3.63) is 22.9 Å². The number of carboxylic acid groups (broad SMARTS) is 1. The van der Waals surface area contributed by atoms with E-state index in [1.807, 2.05) is 26.8 Å². The smallest absolute Gasteiger partial charge is 0.404 e. The molecule has 0 radical (unpaired) electrons. The molecule has 7 heteroatoms. The number of nitrogens with one attached hydrogen (secondary N) is 1. The van der Waals surface area contributed by atoms with Crippen LogP contribution in [0.25, 0.3) is 0 Å². The Balaban J connectivity index is 2.24. The lowest BCUT2D eigenvalue weighted by Crippen LogP contribution is -2.52. The molecule has 1 aromatic rings. The summed E-state index contributed by atoms with van der Waals surface area (Å²) < 4.78 is 0.794. The predicted molar refractivity (Wildman–Crippen MR) is 91.4 cm³/mol. The molecule has 0 saturated heterocycles. The minimum atomic E-state index is -1.03. The summed E-state index contributed by atoms with van der Waals surface area (Å²) in [5.41, 5.74) is 0.224. The zero-order valence-corrected chi connectivity index (χ0v) is 15.1. The van der Waals surface area contributed by atoms with Gasteiger partial charge in [0.2, 0.25) is 6.41 Å². The number of halogens is 1. The highest BCUT2D eigenvalue weighted by Gasteiger charge is 2.54. The normalized spacial score (nSPS) is 17.2. The van der Waals surface area contributed by atoms with Crippen LogP contribution in [0.1, 0.15) is 33.6 Å². The van der Waals surface area contributed by atoms with Crippen LogP contribution < -0.4 is 10.2 Å². The summed E-state index contributed by atoms with van der Waals surface area (Å²) in [5.74, 6) is 0. The Morgan fingerprint density at radius 1 is 1.52 bits per heavy atom. The third-order valence-corrected chi connectivity index (χ3v) is 4.71.